The molecule has 2 aliphatic carbocycles. The molecule has 0 N–H and O–H groups in total. The summed E-state index contributed by atoms with van der Waals surface area (Å²) in [7, 11) is 0. The molecule has 2 aromatic rings. The Labute approximate surface area is 204 Å². The zero-order valence-corrected chi connectivity index (χ0v) is 22.0. The van der Waals surface area contributed by atoms with Gasteiger partial charge in [-0.15, -0.1) is 0 Å². The minimum atomic E-state index is 0. The van der Waals surface area contributed by atoms with E-state index in [1.807, 2.05) is 0 Å². The van der Waals surface area contributed by atoms with Crippen LogP contribution in [0.5, 0.6) is 0 Å². The normalized spacial score (nSPS) is 19.8. The van der Waals surface area contributed by atoms with Crippen LogP contribution in [0, 0.1) is 5.41 Å². The molecule has 1 fully saturated rings. The van der Waals surface area contributed by atoms with Gasteiger partial charge in [-0.05, 0) is 0 Å². The van der Waals surface area contributed by atoms with E-state index in [9.17, 15) is 0 Å². The molecule has 0 saturated heterocycles. The van der Waals surface area contributed by atoms with Gasteiger partial charge >= 0.3 is 181 Å². The maximum atomic E-state index is 2.56. The molecular weight excluding hydrogens is 474 g/mol. The topological polar surface area (TPSA) is 0 Å². The minimum absolute atomic E-state index is 0. The monoisotopic (exact) mass is 503 g/mol. The summed E-state index contributed by atoms with van der Waals surface area (Å²) < 4.78 is 0.645. The van der Waals surface area contributed by atoms with E-state index in [1.54, 1.807) is 35.9 Å². The third-order valence-electron chi connectivity index (χ3n) is 6.62. The van der Waals surface area contributed by atoms with E-state index in [4.69, 9.17) is 0 Å². The molecule has 2 aliphatic rings. The Kier molecular flexibility index (Phi) is 8.09. The van der Waals surface area contributed by atoms with E-state index >= 15 is 0 Å². The summed E-state index contributed by atoms with van der Waals surface area (Å²) in [6.07, 6.45) is 9.50. The van der Waals surface area contributed by atoms with Crippen molar-refractivity contribution in [2.24, 2.45) is 5.41 Å². The van der Waals surface area contributed by atoms with Gasteiger partial charge in [-0.25, -0.2) is 0 Å². The van der Waals surface area contributed by atoms with E-state index in [2.05, 4.69) is 76.2 Å². The van der Waals surface area contributed by atoms with Crippen LogP contribution in [-0.4, -0.2) is 0 Å². The van der Waals surface area contributed by atoms with Crippen LogP contribution in [0.25, 0.3) is 17.2 Å². The predicted octanol–water partition coefficient (Wildman–Crippen LogP) is 1.61. The average Bonchev–Trinajstić information content (AvgIpc) is 3.19. The van der Waals surface area contributed by atoms with Gasteiger partial charge in [0.2, 0.25) is 0 Å². The van der Waals surface area contributed by atoms with Crippen LogP contribution in [0.1, 0.15) is 80.1 Å². The van der Waals surface area contributed by atoms with Gasteiger partial charge in [-0.1, -0.05) is 0 Å². The number of hydrogen-bond acceptors (Lipinski definition) is 0. The van der Waals surface area contributed by atoms with E-state index in [0.29, 0.717) is 9.04 Å². The first-order valence-corrected chi connectivity index (χ1v) is 11.8. The van der Waals surface area contributed by atoms with Crippen LogP contribution >= 0.6 is 0 Å². The number of rotatable bonds is 3. The standard InChI is InChI=1S/C26H31.2ClH.Zr/c1-25(2,3)24-13-6-5-11-22(24)21-12-9-10-20-16-19(17-23(20)21)18-26(4)14-7-8-15-26;;;/h5-6,9-13,16-17H,7-8,14-15,18H2,1-4H3;2*1H;/q;;;+2/p-2. The maximum absolute atomic E-state index is 2.56. The molecule has 0 radical (unpaired) electrons. The van der Waals surface area contributed by atoms with Crippen LogP contribution in [-0.2, 0) is 30.1 Å². The summed E-state index contributed by atoms with van der Waals surface area (Å²) in [5.74, 6) is 0. The number of halogens is 2. The molecule has 0 spiro atoms. The molecule has 153 valence electrons. The zero-order valence-electron chi connectivity index (χ0n) is 18.0. The van der Waals surface area contributed by atoms with Crippen molar-refractivity contribution < 1.29 is 49.5 Å². The summed E-state index contributed by atoms with van der Waals surface area (Å²) in [5, 5.41) is 0. The van der Waals surface area contributed by atoms with Crippen molar-refractivity contribution in [3.05, 3.63) is 64.7 Å². The number of hydrogen-bond donors (Lipinski definition) is 0. The molecule has 0 aromatic heterocycles. The second kappa shape index (κ2) is 9.42. The molecule has 3 heteroatoms. The molecule has 1 atom stereocenters. The molecule has 4 rings (SSSR count). The summed E-state index contributed by atoms with van der Waals surface area (Å²) in [6.45, 7) is 9.49. The quantitative estimate of drug-likeness (QED) is 0.595. The number of fused-ring (bicyclic) bond motifs is 1. The van der Waals surface area contributed by atoms with E-state index in [-0.39, 0.29) is 30.2 Å². The third kappa shape index (κ3) is 4.94. The van der Waals surface area contributed by atoms with E-state index in [1.165, 1.54) is 54.4 Å². The second-order valence-electron chi connectivity index (χ2n) is 9.95. The van der Waals surface area contributed by atoms with Crippen molar-refractivity contribution in [1.29, 1.82) is 0 Å². The van der Waals surface area contributed by atoms with Gasteiger partial charge in [0.25, 0.3) is 0 Å². The molecule has 0 heterocycles. The molecule has 0 nitrogen and oxygen atoms in total. The van der Waals surface area contributed by atoms with Crippen molar-refractivity contribution in [3.63, 3.8) is 0 Å². The van der Waals surface area contributed by atoms with Gasteiger partial charge in [-0.2, -0.15) is 0 Å². The van der Waals surface area contributed by atoms with Crippen LogP contribution < -0.4 is 24.8 Å². The molecule has 1 unspecified atom stereocenters. The first-order chi connectivity index (χ1) is 12.8. The SMILES string of the molecule is CC1(CC2=Cc3c(-c4ccccc4C(C)(C)C)cccc3[CH]2[Zr+2])CCCC1.[Cl-].[Cl-]. The minimum Gasteiger partial charge on any atom is -1.00 e. The molecule has 2 aromatic carbocycles. The Morgan fingerprint density at radius 1 is 0.931 bits per heavy atom. The van der Waals surface area contributed by atoms with Gasteiger partial charge in [0.1, 0.15) is 0 Å². The first kappa shape index (κ1) is 24.9. The van der Waals surface area contributed by atoms with Gasteiger partial charge in [0.15, 0.2) is 0 Å². The molecular formula is C26H31Cl2Zr. The Hall–Kier alpha value is -0.357. The van der Waals surface area contributed by atoms with Gasteiger partial charge in [-0.3, -0.25) is 0 Å². The fourth-order valence-corrected chi connectivity index (χ4v) is 6.20. The van der Waals surface area contributed by atoms with Gasteiger partial charge in [0, 0.05) is 0 Å². The molecule has 29 heavy (non-hydrogen) atoms. The Bertz CT molecular complexity index is 886. The van der Waals surface area contributed by atoms with Crippen LogP contribution in [0.2, 0.25) is 0 Å². The average molecular weight is 506 g/mol. The van der Waals surface area contributed by atoms with Crippen LogP contribution in [0.15, 0.2) is 48.0 Å². The van der Waals surface area contributed by atoms with Crippen LogP contribution in [0.4, 0.5) is 0 Å². The summed E-state index contributed by atoms with van der Waals surface area (Å²) >= 11 is 1.63. The van der Waals surface area contributed by atoms with Crippen molar-refractivity contribution in [1.82, 2.24) is 0 Å². The predicted molar refractivity (Wildman–Crippen MR) is 112 cm³/mol. The summed E-state index contributed by atoms with van der Waals surface area (Å²) in [6, 6.07) is 16.0. The maximum Gasteiger partial charge on any atom is -1.00 e. The fourth-order valence-electron chi connectivity index (χ4n) is 5.12. The van der Waals surface area contributed by atoms with Crippen LogP contribution in [0.3, 0.4) is 0 Å². The molecule has 0 aliphatic heterocycles. The van der Waals surface area contributed by atoms with Crippen molar-refractivity contribution in [2.75, 3.05) is 0 Å². The van der Waals surface area contributed by atoms with Crippen molar-refractivity contribution >= 4 is 6.08 Å². The Morgan fingerprint density at radius 2 is 1.55 bits per heavy atom. The fraction of sp³-hybridized carbons (Fsp3) is 0.462. The summed E-state index contributed by atoms with van der Waals surface area (Å²) in [5.41, 5.74) is 9.72. The van der Waals surface area contributed by atoms with E-state index < -0.39 is 0 Å². The van der Waals surface area contributed by atoms with Crippen molar-refractivity contribution in [3.8, 4) is 11.1 Å². The van der Waals surface area contributed by atoms with E-state index in [0.717, 1.165) is 0 Å². The molecule has 0 amide bonds. The smallest absolute Gasteiger partial charge is 1.00 e. The Morgan fingerprint density at radius 3 is 2.21 bits per heavy atom. The summed E-state index contributed by atoms with van der Waals surface area (Å²) in [4.78, 5) is 0. The Balaban J connectivity index is 0.00000150. The van der Waals surface area contributed by atoms with Gasteiger partial charge < -0.3 is 24.8 Å². The molecule has 0 bridgehead atoms. The largest absolute Gasteiger partial charge is 1.00 e. The number of allylic oxidation sites excluding steroid dienone is 1. The molecule has 1 saturated carbocycles. The second-order valence-corrected chi connectivity index (χ2v) is 11.4. The number of benzene rings is 2. The van der Waals surface area contributed by atoms with Crippen molar-refractivity contribution in [2.45, 2.75) is 68.8 Å². The van der Waals surface area contributed by atoms with Gasteiger partial charge in [0.05, 0.1) is 0 Å². The zero-order chi connectivity index (χ0) is 19.2. The first-order valence-electron chi connectivity index (χ1n) is 10.4. The third-order valence-corrected chi connectivity index (χ3v) is 8.29.